The molecule has 0 aliphatic heterocycles. The van der Waals surface area contributed by atoms with Crippen molar-refractivity contribution in [3.8, 4) is 0 Å². The number of aryl methyl sites for hydroxylation is 1. The smallest absolute Gasteiger partial charge is 0.252 e. The molecule has 2 aromatic heterocycles. The molecule has 2 heterocycles. The number of nitrogens with two attached hydrogens (primary N) is 1. The van der Waals surface area contributed by atoms with Crippen molar-refractivity contribution in [1.82, 2.24) is 19.5 Å². The number of nitrogens with one attached hydrogen (secondary N) is 1. The molecule has 3 N–H and O–H groups in total. The zero-order valence-corrected chi connectivity index (χ0v) is 8.27. The van der Waals surface area contributed by atoms with Gasteiger partial charge < -0.3 is 10.3 Å². The minimum absolute atomic E-state index is 0.135. The van der Waals surface area contributed by atoms with Crippen LogP contribution in [0.5, 0.6) is 0 Å². The molecule has 0 amide bonds. The van der Waals surface area contributed by atoms with Crippen LogP contribution in [0, 0.1) is 6.92 Å². The molecule has 0 saturated carbocycles. The standard InChI is InChI=1S/C9H11N5O/c1-6-11-2-3-14(6)5-7-4-8(15)13-9(10)12-7/h2-4H,5H2,1H3,(H3,10,12,13,15). The van der Waals surface area contributed by atoms with Gasteiger partial charge in [-0.3, -0.25) is 9.78 Å². The first-order valence-electron chi connectivity index (χ1n) is 4.48. The molecular formula is C9H11N5O. The van der Waals surface area contributed by atoms with E-state index in [0.717, 1.165) is 5.82 Å². The van der Waals surface area contributed by atoms with E-state index < -0.39 is 0 Å². The zero-order valence-electron chi connectivity index (χ0n) is 8.27. The van der Waals surface area contributed by atoms with Crippen molar-refractivity contribution < 1.29 is 0 Å². The Labute approximate surface area is 85.8 Å². The zero-order chi connectivity index (χ0) is 10.8. The summed E-state index contributed by atoms with van der Waals surface area (Å²) in [7, 11) is 0. The third kappa shape index (κ3) is 2.04. The first-order valence-corrected chi connectivity index (χ1v) is 4.48. The predicted molar refractivity (Wildman–Crippen MR) is 55.3 cm³/mol. The second-order valence-corrected chi connectivity index (χ2v) is 3.22. The molecule has 0 radical (unpaired) electrons. The van der Waals surface area contributed by atoms with Crippen molar-refractivity contribution in [2.45, 2.75) is 13.5 Å². The first kappa shape index (κ1) is 9.45. The highest BCUT2D eigenvalue weighted by atomic mass is 16.1. The predicted octanol–water partition coefficient (Wildman–Crippen LogP) is -0.0947. The van der Waals surface area contributed by atoms with Crippen molar-refractivity contribution >= 4 is 5.95 Å². The van der Waals surface area contributed by atoms with Gasteiger partial charge in [-0.05, 0) is 6.92 Å². The number of aromatic amines is 1. The number of nitrogen functional groups attached to an aromatic ring is 1. The van der Waals surface area contributed by atoms with E-state index in [1.165, 1.54) is 6.07 Å². The van der Waals surface area contributed by atoms with Gasteiger partial charge in [-0.25, -0.2) is 9.97 Å². The molecule has 2 rings (SSSR count). The van der Waals surface area contributed by atoms with E-state index in [1.807, 2.05) is 17.7 Å². The van der Waals surface area contributed by atoms with Gasteiger partial charge in [0.25, 0.3) is 5.56 Å². The molecule has 0 unspecified atom stereocenters. The number of aromatic nitrogens is 4. The van der Waals surface area contributed by atoms with Gasteiger partial charge in [0.1, 0.15) is 5.82 Å². The minimum Gasteiger partial charge on any atom is -0.369 e. The van der Waals surface area contributed by atoms with Gasteiger partial charge in [0.15, 0.2) is 0 Å². The summed E-state index contributed by atoms with van der Waals surface area (Å²) in [6.07, 6.45) is 3.53. The van der Waals surface area contributed by atoms with E-state index in [0.29, 0.717) is 12.2 Å². The van der Waals surface area contributed by atoms with Crippen molar-refractivity contribution in [2.24, 2.45) is 0 Å². The number of hydrogen-bond acceptors (Lipinski definition) is 4. The second kappa shape index (κ2) is 3.56. The average Bonchev–Trinajstić information content (AvgIpc) is 2.50. The largest absolute Gasteiger partial charge is 0.369 e. The molecule has 15 heavy (non-hydrogen) atoms. The molecule has 78 valence electrons. The Kier molecular flexibility index (Phi) is 2.24. The quantitative estimate of drug-likeness (QED) is 0.716. The fraction of sp³-hybridized carbons (Fsp3) is 0.222. The van der Waals surface area contributed by atoms with Crippen LogP contribution in [0.2, 0.25) is 0 Å². The maximum absolute atomic E-state index is 11.1. The molecule has 0 aromatic carbocycles. The molecule has 6 nitrogen and oxygen atoms in total. The van der Waals surface area contributed by atoms with E-state index in [-0.39, 0.29) is 11.5 Å². The van der Waals surface area contributed by atoms with E-state index in [1.54, 1.807) is 6.20 Å². The summed E-state index contributed by atoms with van der Waals surface area (Å²) in [4.78, 5) is 21.6. The Morgan fingerprint density at radius 3 is 3.00 bits per heavy atom. The van der Waals surface area contributed by atoms with E-state index in [9.17, 15) is 4.79 Å². The van der Waals surface area contributed by atoms with Gasteiger partial charge in [0.05, 0.1) is 12.2 Å². The Morgan fingerprint density at radius 2 is 2.40 bits per heavy atom. The van der Waals surface area contributed by atoms with Gasteiger partial charge in [0, 0.05) is 18.5 Å². The van der Waals surface area contributed by atoms with Crippen LogP contribution in [0.1, 0.15) is 11.5 Å². The van der Waals surface area contributed by atoms with Crippen LogP contribution in [-0.4, -0.2) is 19.5 Å². The monoisotopic (exact) mass is 205 g/mol. The van der Waals surface area contributed by atoms with Crippen LogP contribution < -0.4 is 11.3 Å². The molecule has 6 heteroatoms. The Morgan fingerprint density at radius 1 is 1.60 bits per heavy atom. The highest BCUT2D eigenvalue weighted by molar-refractivity contribution is 5.17. The van der Waals surface area contributed by atoms with E-state index >= 15 is 0 Å². The van der Waals surface area contributed by atoms with Crippen molar-refractivity contribution in [2.75, 3.05) is 5.73 Å². The van der Waals surface area contributed by atoms with Gasteiger partial charge in [-0.1, -0.05) is 0 Å². The van der Waals surface area contributed by atoms with Gasteiger partial charge in [0.2, 0.25) is 5.95 Å². The van der Waals surface area contributed by atoms with Crippen LogP contribution in [0.25, 0.3) is 0 Å². The summed E-state index contributed by atoms with van der Waals surface area (Å²) >= 11 is 0. The molecule has 0 atom stereocenters. The number of hydrogen-bond donors (Lipinski definition) is 2. The van der Waals surface area contributed by atoms with Crippen molar-refractivity contribution in [1.29, 1.82) is 0 Å². The maximum atomic E-state index is 11.1. The number of H-pyrrole nitrogens is 1. The first-order chi connectivity index (χ1) is 7.15. The molecule has 0 spiro atoms. The van der Waals surface area contributed by atoms with Crippen LogP contribution >= 0.6 is 0 Å². The lowest BCUT2D eigenvalue weighted by molar-refractivity contribution is 0.738. The normalized spacial score (nSPS) is 10.5. The average molecular weight is 205 g/mol. The summed E-state index contributed by atoms with van der Waals surface area (Å²) < 4.78 is 1.89. The highest BCUT2D eigenvalue weighted by Gasteiger charge is 2.01. The fourth-order valence-electron chi connectivity index (χ4n) is 1.35. The van der Waals surface area contributed by atoms with Crippen LogP contribution in [-0.2, 0) is 6.54 Å². The highest BCUT2D eigenvalue weighted by Crippen LogP contribution is 2.01. The summed E-state index contributed by atoms with van der Waals surface area (Å²) in [6.45, 7) is 2.39. The SMILES string of the molecule is Cc1nccn1Cc1cc(=O)[nH]c(N)n1. The molecule has 0 bridgehead atoms. The number of anilines is 1. The summed E-state index contributed by atoms with van der Waals surface area (Å²) in [5.41, 5.74) is 5.82. The number of imidazole rings is 1. The maximum Gasteiger partial charge on any atom is 0.252 e. The van der Waals surface area contributed by atoms with E-state index in [2.05, 4.69) is 15.0 Å². The summed E-state index contributed by atoms with van der Waals surface area (Å²) in [5, 5.41) is 0. The molecule has 0 saturated heterocycles. The van der Waals surface area contributed by atoms with Crippen LogP contribution in [0.3, 0.4) is 0 Å². The van der Waals surface area contributed by atoms with Gasteiger partial charge >= 0.3 is 0 Å². The third-order valence-corrected chi connectivity index (χ3v) is 2.07. The topological polar surface area (TPSA) is 89.6 Å². The molecule has 0 aliphatic rings. The lowest BCUT2D eigenvalue weighted by atomic mass is 10.4. The Bertz CT molecular complexity index is 527. The van der Waals surface area contributed by atoms with E-state index in [4.69, 9.17) is 5.73 Å². The summed E-state index contributed by atoms with van der Waals surface area (Å²) in [6, 6.07) is 1.43. The summed E-state index contributed by atoms with van der Waals surface area (Å²) in [5.74, 6) is 1.01. The molecule has 0 aliphatic carbocycles. The lowest BCUT2D eigenvalue weighted by Gasteiger charge is -2.04. The fourth-order valence-corrected chi connectivity index (χ4v) is 1.35. The number of nitrogens with zero attached hydrogens (tertiary/aromatic N) is 3. The lowest BCUT2D eigenvalue weighted by Crippen LogP contribution is -2.14. The third-order valence-electron chi connectivity index (χ3n) is 2.07. The van der Waals surface area contributed by atoms with Crippen molar-refractivity contribution in [3.05, 3.63) is 40.3 Å². The van der Waals surface area contributed by atoms with Crippen molar-refractivity contribution in [3.63, 3.8) is 0 Å². The minimum atomic E-state index is -0.240. The Hall–Kier alpha value is -2.11. The van der Waals surface area contributed by atoms with Crippen LogP contribution in [0.4, 0.5) is 5.95 Å². The van der Waals surface area contributed by atoms with Crippen LogP contribution in [0.15, 0.2) is 23.3 Å². The number of rotatable bonds is 2. The van der Waals surface area contributed by atoms with Gasteiger partial charge in [-0.15, -0.1) is 0 Å². The molecule has 0 fully saturated rings. The second-order valence-electron chi connectivity index (χ2n) is 3.22. The molecule has 2 aromatic rings. The Balaban J connectivity index is 2.32. The van der Waals surface area contributed by atoms with Gasteiger partial charge in [-0.2, -0.15) is 0 Å². The molecular weight excluding hydrogens is 194 g/mol.